The second-order valence-corrected chi connectivity index (χ2v) is 5.63. The minimum absolute atomic E-state index is 0.711. The van der Waals surface area contributed by atoms with Gasteiger partial charge in [0, 0.05) is 30.7 Å². The molecular formula is C16H21N3. The molecule has 2 aromatic rings. The highest BCUT2D eigenvalue weighted by Gasteiger charge is 2.20. The normalized spacial score (nSPS) is 22.8. The van der Waals surface area contributed by atoms with E-state index in [1.165, 1.54) is 24.8 Å². The van der Waals surface area contributed by atoms with Crippen molar-refractivity contribution in [1.82, 2.24) is 14.9 Å². The number of nitrogens with zero attached hydrogens (tertiary/aromatic N) is 2. The van der Waals surface area contributed by atoms with E-state index in [0.29, 0.717) is 6.04 Å². The highest BCUT2D eigenvalue weighted by molar-refractivity contribution is 5.34. The maximum absolute atomic E-state index is 4.07. The zero-order valence-corrected chi connectivity index (χ0v) is 11.4. The van der Waals surface area contributed by atoms with Gasteiger partial charge in [-0.05, 0) is 42.9 Å². The largest absolute Gasteiger partial charge is 0.310 e. The average molecular weight is 255 g/mol. The van der Waals surface area contributed by atoms with E-state index in [9.17, 15) is 0 Å². The van der Waals surface area contributed by atoms with Crippen LogP contribution in [0.2, 0.25) is 0 Å². The van der Waals surface area contributed by atoms with Gasteiger partial charge in [0.25, 0.3) is 0 Å². The van der Waals surface area contributed by atoms with Gasteiger partial charge in [0.1, 0.15) is 0 Å². The summed E-state index contributed by atoms with van der Waals surface area (Å²) in [6.07, 6.45) is 9.62. The van der Waals surface area contributed by atoms with Crippen molar-refractivity contribution in [3.63, 3.8) is 0 Å². The van der Waals surface area contributed by atoms with E-state index in [4.69, 9.17) is 0 Å². The first-order valence-corrected chi connectivity index (χ1v) is 7.12. The maximum atomic E-state index is 4.07. The standard InChI is InChI=1S/C16H21N3/c1-13-2-5-15(10-13)18-11-14-3-6-16(7-4-14)19-9-8-17-12-19/h3-4,6-9,12-13,15,18H,2,5,10-11H2,1H3. The molecule has 1 aliphatic carbocycles. The van der Waals surface area contributed by atoms with Gasteiger partial charge < -0.3 is 9.88 Å². The Hall–Kier alpha value is -1.61. The van der Waals surface area contributed by atoms with Crippen LogP contribution in [0, 0.1) is 5.92 Å². The van der Waals surface area contributed by atoms with E-state index in [-0.39, 0.29) is 0 Å². The Morgan fingerprint density at radius 2 is 2.11 bits per heavy atom. The minimum atomic E-state index is 0.711. The van der Waals surface area contributed by atoms with Crippen LogP contribution in [-0.4, -0.2) is 15.6 Å². The number of benzene rings is 1. The molecule has 0 saturated heterocycles. The fourth-order valence-corrected chi connectivity index (χ4v) is 2.85. The van der Waals surface area contributed by atoms with Crippen molar-refractivity contribution in [3.05, 3.63) is 48.5 Å². The number of nitrogens with one attached hydrogen (secondary N) is 1. The van der Waals surface area contributed by atoms with Crippen molar-refractivity contribution in [3.8, 4) is 5.69 Å². The fraction of sp³-hybridized carbons (Fsp3) is 0.438. The average Bonchev–Trinajstić information content (AvgIpc) is 3.08. The highest BCUT2D eigenvalue weighted by Crippen LogP contribution is 2.24. The first kappa shape index (κ1) is 12.4. The molecule has 3 nitrogen and oxygen atoms in total. The fourth-order valence-electron chi connectivity index (χ4n) is 2.85. The quantitative estimate of drug-likeness (QED) is 0.909. The lowest BCUT2D eigenvalue weighted by Gasteiger charge is -2.12. The van der Waals surface area contributed by atoms with Gasteiger partial charge in [-0.1, -0.05) is 19.1 Å². The Bertz CT molecular complexity index is 501. The van der Waals surface area contributed by atoms with Gasteiger partial charge in [0.15, 0.2) is 0 Å². The number of imidazole rings is 1. The summed E-state index contributed by atoms with van der Waals surface area (Å²) in [5, 5.41) is 3.66. The molecule has 1 fully saturated rings. The number of hydrogen-bond donors (Lipinski definition) is 1. The molecule has 100 valence electrons. The third kappa shape index (κ3) is 3.04. The van der Waals surface area contributed by atoms with Crippen LogP contribution in [0.5, 0.6) is 0 Å². The molecule has 0 spiro atoms. The van der Waals surface area contributed by atoms with Gasteiger partial charge in [-0.2, -0.15) is 0 Å². The second-order valence-electron chi connectivity index (χ2n) is 5.63. The summed E-state index contributed by atoms with van der Waals surface area (Å²) >= 11 is 0. The summed E-state index contributed by atoms with van der Waals surface area (Å²) in [4.78, 5) is 4.07. The molecule has 3 heteroatoms. The summed E-state index contributed by atoms with van der Waals surface area (Å²) < 4.78 is 2.02. The summed E-state index contributed by atoms with van der Waals surface area (Å²) in [5.41, 5.74) is 2.51. The van der Waals surface area contributed by atoms with Crippen LogP contribution in [0.4, 0.5) is 0 Å². The zero-order valence-electron chi connectivity index (χ0n) is 11.4. The van der Waals surface area contributed by atoms with Gasteiger partial charge in [0.05, 0.1) is 6.33 Å². The van der Waals surface area contributed by atoms with Crippen LogP contribution in [0.25, 0.3) is 5.69 Å². The van der Waals surface area contributed by atoms with E-state index in [1.54, 1.807) is 6.20 Å². The van der Waals surface area contributed by atoms with Crippen LogP contribution in [-0.2, 0) is 6.54 Å². The van der Waals surface area contributed by atoms with E-state index >= 15 is 0 Å². The molecule has 2 atom stereocenters. The third-order valence-corrected chi connectivity index (χ3v) is 4.03. The molecule has 2 unspecified atom stereocenters. The number of hydrogen-bond acceptors (Lipinski definition) is 2. The third-order valence-electron chi connectivity index (χ3n) is 4.03. The Morgan fingerprint density at radius 3 is 2.74 bits per heavy atom. The lowest BCUT2D eigenvalue weighted by molar-refractivity contribution is 0.502. The molecule has 0 bridgehead atoms. The molecule has 3 rings (SSSR count). The molecule has 1 N–H and O–H groups in total. The van der Waals surface area contributed by atoms with E-state index in [0.717, 1.165) is 18.2 Å². The molecule has 1 aromatic carbocycles. The van der Waals surface area contributed by atoms with Gasteiger partial charge in [-0.15, -0.1) is 0 Å². The summed E-state index contributed by atoms with van der Waals surface area (Å²) in [6.45, 7) is 3.32. The van der Waals surface area contributed by atoms with E-state index in [1.807, 2.05) is 17.1 Å². The van der Waals surface area contributed by atoms with Gasteiger partial charge in [-0.3, -0.25) is 0 Å². The lowest BCUT2D eigenvalue weighted by Crippen LogP contribution is -2.25. The first-order chi connectivity index (χ1) is 9.31. The topological polar surface area (TPSA) is 29.9 Å². The molecule has 1 aromatic heterocycles. The molecule has 1 saturated carbocycles. The number of aromatic nitrogens is 2. The molecule has 0 radical (unpaired) electrons. The molecular weight excluding hydrogens is 234 g/mol. The predicted octanol–water partition coefficient (Wildman–Crippen LogP) is 3.15. The van der Waals surface area contributed by atoms with E-state index in [2.05, 4.69) is 41.5 Å². The predicted molar refractivity (Wildman–Crippen MR) is 77.2 cm³/mol. The first-order valence-electron chi connectivity index (χ1n) is 7.12. The van der Waals surface area contributed by atoms with Crippen LogP contribution in [0.15, 0.2) is 43.0 Å². The lowest BCUT2D eigenvalue weighted by atomic mass is 10.1. The Morgan fingerprint density at radius 1 is 1.26 bits per heavy atom. The summed E-state index contributed by atoms with van der Waals surface area (Å²) in [5.74, 6) is 0.890. The second kappa shape index (κ2) is 5.57. The Balaban J connectivity index is 1.57. The minimum Gasteiger partial charge on any atom is -0.310 e. The van der Waals surface area contributed by atoms with Crippen molar-refractivity contribution in [2.45, 2.75) is 38.8 Å². The Kier molecular flexibility index (Phi) is 3.65. The van der Waals surface area contributed by atoms with Crippen molar-refractivity contribution in [1.29, 1.82) is 0 Å². The smallest absolute Gasteiger partial charge is 0.0991 e. The maximum Gasteiger partial charge on any atom is 0.0991 e. The molecule has 0 aliphatic heterocycles. The molecule has 1 heterocycles. The Labute approximate surface area is 114 Å². The van der Waals surface area contributed by atoms with Gasteiger partial charge >= 0.3 is 0 Å². The molecule has 19 heavy (non-hydrogen) atoms. The van der Waals surface area contributed by atoms with Crippen molar-refractivity contribution < 1.29 is 0 Å². The van der Waals surface area contributed by atoms with Crippen LogP contribution in [0.3, 0.4) is 0 Å². The van der Waals surface area contributed by atoms with Gasteiger partial charge in [0.2, 0.25) is 0 Å². The highest BCUT2D eigenvalue weighted by atomic mass is 15.0. The molecule has 1 aliphatic rings. The number of rotatable bonds is 4. The van der Waals surface area contributed by atoms with E-state index < -0.39 is 0 Å². The van der Waals surface area contributed by atoms with Crippen LogP contribution < -0.4 is 5.32 Å². The van der Waals surface area contributed by atoms with Crippen molar-refractivity contribution >= 4 is 0 Å². The van der Waals surface area contributed by atoms with Crippen molar-refractivity contribution in [2.24, 2.45) is 5.92 Å². The van der Waals surface area contributed by atoms with Crippen LogP contribution >= 0.6 is 0 Å². The van der Waals surface area contributed by atoms with Gasteiger partial charge in [-0.25, -0.2) is 4.98 Å². The van der Waals surface area contributed by atoms with Crippen molar-refractivity contribution in [2.75, 3.05) is 0 Å². The van der Waals surface area contributed by atoms with Crippen LogP contribution in [0.1, 0.15) is 31.7 Å². The monoisotopic (exact) mass is 255 g/mol. The zero-order chi connectivity index (χ0) is 13.1. The SMILES string of the molecule is CC1CCC(NCc2ccc(-n3ccnc3)cc2)C1. The molecule has 0 amide bonds. The summed E-state index contributed by atoms with van der Waals surface area (Å²) in [7, 11) is 0. The summed E-state index contributed by atoms with van der Waals surface area (Å²) in [6, 6.07) is 9.40.